The molecule has 0 unspecified atom stereocenters. The Bertz CT molecular complexity index is 1470. The largest absolute Gasteiger partial charge is 0.461 e. The maximum atomic E-state index is 14.0. The van der Waals surface area contributed by atoms with Crippen molar-refractivity contribution in [2.75, 3.05) is 52.9 Å². The summed E-state index contributed by atoms with van der Waals surface area (Å²) in [5.74, 6) is -3.91. The first-order valence-corrected chi connectivity index (χ1v) is 17.9. The summed E-state index contributed by atoms with van der Waals surface area (Å²) < 4.78 is 24.8. The molecule has 278 valence electrons. The Morgan fingerprint density at radius 1 is 1.10 bits per heavy atom. The number of nitrogens with two attached hydrogens (primary N) is 1. The minimum Gasteiger partial charge on any atom is -0.461 e. The van der Waals surface area contributed by atoms with Gasteiger partial charge in [0, 0.05) is 81.8 Å². The van der Waals surface area contributed by atoms with Crippen LogP contribution in [0.2, 0.25) is 0 Å². The Labute approximate surface area is 294 Å². The number of likely N-dealkylation sites (tertiary alicyclic amines) is 1. The Hall–Kier alpha value is -2.65. The maximum Gasteiger partial charge on any atom is 0.340 e. The van der Waals surface area contributed by atoms with Gasteiger partial charge in [0.2, 0.25) is 11.8 Å². The van der Waals surface area contributed by atoms with Gasteiger partial charge < -0.3 is 50.2 Å². The van der Waals surface area contributed by atoms with Crippen molar-refractivity contribution in [3.05, 3.63) is 29.8 Å². The van der Waals surface area contributed by atoms with Crippen LogP contribution in [0.25, 0.3) is 0 Å². The molecule has 1 aromatic carbocycles. The molecule has 1 aromatic rings. The minimum absolute atomic E-state index is 0.00932. The number of primary amides is 1. The van der Waals surface area contributed by atoms with E-state index in [2.05, 4.69) is 17.1 Å². The number of fused-ring (bicyclic) bond motifs is 1. The van der Waals surface area contributed by atoms with Gasteiger partial charge in [0.25, 0.3) is 0 Å². The average molecular weight is 702 g/mol. The molecule has 5 aliphatic rings. The molecule has 6 N–H and O–H groups in total. The predicted octanol–water partition coefficient (Wildman–Crippen LogP) is 1.57. The van der Waals surface area contributed by atoms with Gasteiger partial charge in [0.1, 0.15) is 11.2 Å². The number of carbonyl (C=O) groups excluding carboxylic acids is 3. The van der Waals surface area contributed by atoms with Crippen molar-refractivity contribution in [3.63, 3.8) is 0 Å². The molecule has 0 radical (unpaired) electrons. The highest BCUT2D eigenvalue weighted by atomic mass is 16.5. The van der Waals surface area contributed by atoms with E-state index >= 15 is 0 Å². The Kier molecular flexibility index (Phi) is 9.95. The van der Waals surface area contributed by atoms with E-state index in [-0.39, 0.29) is 48.6 Å². The minimum atomic E-state index is -1.82. The molecule has 1 aliphatic heterocycles. The predicted molar refractivity (Wildman–Crippen MR) is 182 cm³/mol. The molecule has 4 saturated carbocycles. The summed E-state index contributed by atoms with van der Waals surface area (Å²) in [6.07, 6.45) is -0.676. The molecule has 5 fully saturated rings. The third-order valence-corrected chi connectivity index (χ3v) is 13.7. The van der Waals surface area contributed by atoms with Crippen molar-refractivity contribution in [1.82, 2.24) is 4.90 Å². The lowest BCUT2D eigenvalue weighted by Crippen LogP contribution is -2.74. The van der Waals surface area contributed by atoms with E-state index in [1.165, 1.54) is 0 Å². The smallest absolute Gasteiger partial charge is 0.340 e. The van der Waals surface area contributed by atoms with Crippen molar-refractivity contribution in [2.45, 2.75) is 88.5 Å². The summed E-state index contributed by atoms with van der Waals surface area (Å²) in [4.78, 5) is 40.6. The van der Waals surface area contributed by atoms with Crippen LogP contribution in [0.5, 0.6) is 0 Å². The number of carbonyl (C=O) groups is 3. The molecule has 13 heteroatoms. The number of para-hydroxylation sites is 1. The number of amides is 2. The number of nitrogens with zero attached hydrogens (tertiary/aromatic N) is 1. The van der Waals surface area contributed by atoms with Crippen molar-refractivity contribution < 1.29 is 48.7 Å². The number of aliphatic hydroxyl groups is 3. The first-order chi connectivity index (χ1) is 23.6. The molecule has 13 atom stereocenters. The maximum absolute atomic E-state index is 14.0. The number of aliphatic hydroxyl groups excluding tert-OH is 1. The Morgan fingerprint density at radius 2 is 1.82 bits per heavy atom. The number of benzene rings is 1. The zero-order valence-electron chi connectivity index (χ0n) is 30.1. The molecule has 50 heavy (non-hydrogen) atoms. The number of anilines is 1. The SMILES string of the molecule is CCN1C[C@]2(COC(=O)c3ccccc3NC(=O)C[C@H](C)C(N)=O)CC[C@H](OC)[C@@]3(C1)[C@@H]1C[C@H]4[C@@H](O)[C@@H]1[C@](O)(C[C@H]4OC)[C@](C)(O)[C@@H](OC)[C@H]23. The number of piperidine rings is 1. The lowest BCUT2D eigenvalue weighted by atomic mass is 9.45. The van der Waals surface area contributed by atoms with Crippen molar-refractivity contribution in [1.29, 1.82) is 0 Å². The zero-order valence-corrected chi connectivity index (χ0v) is 30.1. The van der Waals surface area contributed by atoms with Crippen LogP contribution in [0.3, 0.4) is 0 Å². The van der Waals surface area contributed by atoms with Crippen LogP contribution in [0.1, 0.15) is 63.2 Å². The second-order valence-electron chi connectivity index (χ2n) is 15.9. The number of methoxy groups -OCH3 is 3. The van der Waals surface area contributed by atoms with Gasteiger partial charge in [0.15, 0.2) is 0 Å². The van der Waals surface area contributed by atoms with Gasteiger partial charge >= 0.3 is 5.97 Å². The first kappa shape index (κ1) is 37.1. The van der Waals surface area contributed by atoms with E-state index in [1.807, 2.05) is 0 Å². The zero-order chi connectivity index (χ0) is 36.4. The van der Waals surface area contributed by atoms with Gasteiger partial charge in [-0.25, -0.2) is 4.79 Å². The van der Waals surface area contributed by atoms with Crippen molar-refractivity contribution in [2.24, 2.45) is 46.2 Å². The van der Waals surface area contributed by atoms with E-state index in [0.717, 1.165) is 0 Å². The highest BCUT2D eigenvalue weighted by molar-refractivity contribution is 6.02. The molecule has 4 bridgehead atoms. The number of ether oxygens (including phenoxy) is 4. The van der Waals surface area contributed by atoms with E-state index < -0.39 is 75.9 Å². The lowest BCUT2D eigenvalue weighted by molar-refractivity contribution is -0.282. The van der Waals surface area contributed by atoms with Gasteiger partial charge in [-0.3, -0.25) is 9.59 Å². The van der Waals surface area contributed by atoms with Crippen molar-refractivity contribution >= 4 is 23.5 Å². The summed E-state index contributed by atoms with van der Waals surface area (Å²) in [5, 5.41) is 40.2. The second kappa shape index (κ2) is 13.4. The van der Waals surface area contributed by atoms with Crippen LogP contribution >= 0.6 is 0 Å². The van der Waals surface area contributed by atoms with E-state index in [4.69, 9.17) is 24.7 Å². The van der Waals surface area contributed by atoms with Crippen LogP contribution in [-0.2, 0) is 28.5 Å². The number of hydrogen-bond acceptors (Lipinski definition) is 11. The van der Waals surface area contributed by atoms with E-state index in [9.17, 15) is 29.7 Å². The molecule has 0 spiro atoms. The lowest BCUT2D eigenvalue weighted by Gasteiger charge is -2.67. The first-order valence-electron chi connectivity index (χ1n) is 17.9. The summed E-state index contributed by atoms with van der Waals surface area (Å²) in [6, 6.07) is 6.56. The van der Waals surface area contributed by atoms with Crippen LogP contribution in [0, 0.1) is 40.4 Å². The molecule has 1 saturated heterocycles. The van der Waals surface area contributed by atoms with Crippen LogP contribution in [-0.4, -0.2) is 121 Å². The fraction of sp³-hybridized carbons (Fsp3) is 0.757. The molecule has 0 aromatic heterocycles. The summed E-state index contributed by atoms with van der Waals surface area (Å²) in [6.45, 7) is 7.14. The summed E-state index contributed by atoms with van der Waals surface area (Å²) >= 11 is 0. The average Bonchev–Trinajstić information content (AvgIpc) is 3.33. The fourth-order valence-electron chi connectivity index (χ4n) is 11.4. The van der Waals surface area contributed by atoms with Gasteiger partial charge in [-0.2, -0.15) is 0 Å². The van der Waals surface area contributed by atoms with Crippen molar-refractivity contribution in [3.8, 4) is 0 Å². The van der Waals surface area contributed by atoms with Gasteiger partial charge in [-0.15, -0.1) is 0 Å². The van der Waals surface area contributed by atoms with Gasteiger partial charge in [-0.05, 0) is 50.8 Å². The van der Waals surface area contributed by atoms with Crippen LogP contribution in [0.4, 0.5) is 5.69 Å². The number of nitrogens with one attached hydrogen (secondary N) is 1. The fourth-order valence-corrected chi connectivity index (χ4v) is 11.4. The standard InChI is InChI=1S/C37H55N3O10/c1-7-40-17-35(19-50-33(44)21-10-8-9-11-24(21)39-27(41)14-20(2)32(38)43)13-12-26(48-5)36(18-40)23-15-22-25(47-4)16-37(46,28(23)29(22)42)34(3,45)31(49-6)30(35)36/h8-11,20,22-23,25-26,28-31,42,45-46H,7,12-19H2,1-6H3,(H2,38,43)(H,39,41)/t20-,22+,23+,25+,26-,28+,29+,30+,31-,34+,35-,36+,37+/m0/s1. The quantitative estimate of drug-likeness (QED) is 0.211. The topological polar surface area (TPSA) is 190 Å². The van der Waals surface area contributed by atoms with Gasteiger partial charge in [0.05, 0.1) is 42.3 Å². The monoisotopic (exact) mass is 701 g/mol. The summed E-state index contributed by atoms with van der Waals surface area (Å²) in [7, 11) is 4.84. The Morgan fingerprint density at radius 3 is 2.46 bits per heavy atom. The number of esters is 1. The highest BCUT2D eigenvalue weighted by Gasteiger charge is 2.80. The third-order valence-electron chi connectivity index (χ3n) is 13.7. The second-order valence-corrected chi connectivity index (χ2v) is 15.9. The number of rotatable bonds is 11. The molecule has 2 amide bonds. The third kappa shape index (κ3) is 5.41. The van der Waals surface area contributed by atoms with Crippen LogP contribution in [0.15, 0.2) is 24.3 Å². The summed E-state index contributed by atoms with van der Waals surface area (Å²) in [5.41, 5.74) is 0.807. The Balaban J connectivity index is 1.41. The molecule has 13 nitrogen and oxygen atoms in total. The van der Waals surface area contributed by atoms with E-state index in [0.29, 0.717) is 38.9 Å². The molecular formula is C37H55N3O10. The molecule has 1 heterocycles. The van der Waals surface area contributed by atoms with Gasteiger partial charge in [-0.1, -0.05) is 26.0 Å². The molecule has 6 rings (SSSR count). The highest BCUT2D eigenvalue weighted by Crippen LogP contribution is 2.72. The number of hydrogen-bond donors (Lipinski definition) is 5. The molecule has 4 aliphatic carbocycles. The van der Waals surface area contributed by atoms with Crippen LogP contribution < -0.4 is 11.1 Å². The van der Waals surface area contributed by atoms with E-state index in [1.54, 1.807) is 59.4 Å². The normalized spacial score (nSPS) is 42.6. The molecular weight excluding hydrogens is 646 g/mol.